The van der Waals surface area contributed by atoms with Crippen molar-refractivity contribution in [3.8, 4) is 0 Å². The van der Waals surface area contributed by atoms with E-state index in [1.165, 1.54) is 14.2 Å². The van der Waals surface area contributed by atoms with E-state index in [1.54, 1.807) is 7.11 Å². The van der Waals surface area contributed by atoms with E-state index < -0.39 is 29.1 Å². The summed E-state index contributed by atoms with van der Waals surface area (Å²) in [5, 5.41) is 0. The fourth-order valence-electron chi connectivity index (χ4n) is 1.93. The second kappa shape index (κ2) is 14.7. The molecule has 38 heavy (non-hydrogen) atoms. The monoisotopic (exact) mass is 550 g/mol. The molecular formula is C30H62O8. The molecule has 0 atom stereocenters. The van der Waals surface area contributed by atoms with Gasteiger partial charge in [-0.25, -0.2) is 9.59 Å². The van der Waals surface area contributed by atoms with Crippen LogP contribution in [0.15, 0.2) is 0 Å². The Morgan fingerprint density at radius 1 is 0.500 bits per heavy atom. The summed E-state index contributed by atoms with van der Waals surface area (Å²) in [4.78, 5) is 21.9. The van der Waals surface area contributed by atoms with Crippen LogP contribution in [0, 0.1) is 10.8 Å². The van der Waals surface area contributed by atoms with E-state index in [0.717, 1.165) is 6.42 Å². The highest BCUT2D eigenvalue weighted by Crippen LogP contribution is 2.40. The average molecular weight is 551 g/mol. The van der Waals surface area contributed by atoms with E-state index in [-0.39, 0.29) is 22.0 Å². The molecular weight excluding hydrogens is 488 g/mol. The highest BCUT2D eigenvalue weighted by Gasteiger charge is 2.48. The van der Waals surface area contributed by atoms with Gasteiger partial charge in [-0.05, 0) is 86.5 Å². The molecule has 0 aromatic heterocycles. The first-order valence-corrected chi connectivity index (χ1v) is 13.3. The molecule has 0 aliphatic rings. The van der Waals surface area contributed by atoms with Crippen LogP contribution in [0.5, 0.6) is 0 Å². The van der Waals surface area contributed by atoms with Crippen molar-refractivity contribution in [3.63, 3.8) is 0 Å². The molecule has 0 heterocycles. The van der Waals surface area contributed by atoms with Crippen LogP contribution in [0.4, 0.5) is 9.59 Å². The van der Waals surface area contributed by atoms with Crippen LogP contribution in [-0.2, 0) is 28.4 Å². The molecule has 0 bridgehead atoms. The maximum Gasteiger partial charge on any atom is 0.508 e. The predicted octanol–water partition coefficient (Wildman–Crippen LogP) is 8.58. The number of carbonyl (C=O) groups is 2. The number of methoxy groups -OCH3 is 3. The number of rotatable bonds is 7. The Bertz CT molecular complexity index is 705. The van der Waals surface area contributed by atoms with Crippen molar-refractivity contribution in [1.29, 1.82) is 0 Å². The van der Waals surface area contributed by atoms with Gasteiger partial charge in [0.05, 0.1) is 25.4 Å². The Balaban J connectivity index is -0.000000541. The maximum atomic E-state index is 11.3. The van der Waals surface area contributed by atoms with Gasteiger partial charge < -0.3 is 28.4 Å². The SMILES string of the molecule is CCC(C)(C)OC(=O)OC.COC(=O)OC(C)(C)C(C)(C)OC(C)(C)C(C)(C)C.COC(C)(C)C(C)(C)C. The van der Waals surface area contributed by atoms with E-state index in [1.807, 2.05) is 62.3 Å². The Kier molecular flexibility index (Phi) is 15.9. The summed E-state index contributed by atoms with van der Waals surface area (Å²) in [7, 11) is 4.35. The van der Waals surface area contributed by atoms with Crippen molar-refractivity contribution in [2.24, 2.45) is 10.8 Å². The average Bonchev–Trinajstić information content (AvgIpc) is 2.71. The molecule has 0 aliphatic heterocycles. The van der Waals surface area contributed by atoms with Crippen LogP contribution >= 0.6 is 0 Å². The largest absolute Gasteiger partial charge is 0.508 e. The molecule has 0 aromatic rings. The van der Waals surface area contributed by atoms with Gasteiger partial charge in [-0.3, -0.25) is 0 Å². The van der Waals surface area contributed by atoms with Crippen molar-refractivity contribution >= 4 is 12.3 Å². The van der Waals surface area contributed by atoms with Crippen LogP contribution < -0.4 is 0 Å². The third kappa shape index (κ3) is 14.6. The zero-order valence-corrected chi connectivity index (χ0v) is 28.5. The molecule has 0 rings (SSSR count). The van der Waals surface area contributed by atoms with Crippen molar-refractivity contribution in [3.05, 3.63) is 0 Å². The second-order valence-electron chi connectivity index (χ2n) is 14.1. The number of ether oxygens (including phenoxy) is 6. The fourth-order valence-corrected chi connectivity index (χ4v) is 1.93. The van der Waals surface area contributed by atoms with E-state index in [9.17, 15) is 9.59 Å². The zero-order chi connectivity index (χ0) is 31.6. The molecule has 0 saturated carbocycles. The molecule has 0 unspecified atom stereocenters. The molecule has 0 N–H and O–H groups in total. The lowest BCUT2D eigenvalue weighted by Crippen LogP contribution is -2.56. The molecule has 0 aliphatic carbocycles. The van der Waals surface area contributed by atoms with E-state index in [4.69, 9.17) is 18.9 Å². The highest BCUT2D eigenvalue weighted by atomic mass is 16.7. The zero-order valence-electron chi connectivity index (χ0n) is 28.5. The Labute approximate surface area is 234 Å². The quantitative estimate of drug-likeness (QED) is 0.291. The molecule has 0 amide bonds. The standard InChI is InChI=1S/C15H30O4.C8H18O.C7H14O3/c1-12(2,3)13(4,5)19-15(8,9)14(6,7)18-11(16)17-10;1-7(2,3)8(4,5)9-6;1-5-7(2,3)10-6(8)9-4/h1-10H3;1-6H3;5H2,1-4H3. The van der Waals surface area contributed by atoms with Crippen molar-refractivity contribution in [2.75, 3.05) is 21.3 Å². The maximum absolute atomic E-state index is 11.3. The third-order valence-electron chi connectivity index (χ3n) is 7.97. The molecule has 8 nitrogen and oxygen atoms in total. The lowest BCUT2D eigenvalue weighted by molar-refractivity contribution is -0.233. The molecule has 0 spiro atoms. The molecule has 0 saturated heterocycles. The van der Waals surface area contributed by atoms with Crippen LogP contribution in [-0.4, -0.2) is 61.6 Å². The summed E-state index contributed by atoms with van der Waals surface area (Å²) >= 11 is 0. The highest BCUT2D eigenvalue weighted by molar-refractivity contribution is 5.60. The van der Waals surface area contributed by atoms with Gasteiger partial charge in [0, 0.05) is 7.11 Å². The van der Waals surface area contributed by atoms with Crippen molar-refractivity contribution in [2.45, 2.75) is 152 Å². The van der Waals surface area contributed by atoms with Crippen molar-refractivity contribution < 1.29 is 38.0 Å². The van der Waals surface area contributed by atoms with Gasteiger partial charge in [0.2, 0.25) is 0 Å². The topological polar surface area (TPSA) is 89.5 Å². The first-order valence-electron chi connectivity index (χ1n) is 13.3. The number of hydrogen-bond donors (Lipinski definition) is 0. The van der Waals surface area contributed by atoms with Crippen molar-refractivity contribution in [1.82, 2.24) is 0 Å². The second-order valence-corrected chi connectivity index (χ2v) is 14.1. The Morgan fingerprint density at radius 3 is 1.08 bits per heavy atom. The predicted molar refractivity (Wildman–Crippen MR) is 155 cm³/mol. The minimum absolute atomic E-state index is 0.0208. The van der Waals surface area contributed by atoms with E-state index in [0.29, 0.717) is 0 Å². The van der Waals surface area contributed by atoms with E-state index in [2.05, 4.69) is 64.9 Å². The normalized spacial score (nSPS) is 13.3. The van der Waals surface area contributed by atoms with Crippen LogP contribution in [0.2, 0.25) is 0 Å². The molecule has 0 fully saturated rings. The van der Waals surface area contributed by atoms with Gasteiger partial charge >= 0.3 is 12.3 Å². The summed E-state index contributed by atoms with van der Waals surface area (Å²) in [5.74, 6) is 0. The van der Waals surface area contributed by atoms with Gasteiger partial charge in [0.25, 0.3) is 0 Å². The Hall–Kier alpha value is -1.54. The van der Waals surface area contributed by atoms with Crippen LogP contribution in [0.1, 0.15) is 124 Å². The van der Waals surface area contributed by atoms with Gasteiger partial charge in [-0.1, -0.05) is 48.5 Å². The third-order valence-corrected chi connectivity index (χ3v) is 7.97. The summed E-state index contributed by atoms with van der Waals surface area (Å²) in [6, 6.07) is 0. The summed E-state index contributed by atoms with van der Waals surface area (Å²) < 4.78 is 30.7. The summed E-state index contributed by atoms with van der Waals surface area (Å²) in [6.45, 7) is 34.3. The van der Waals surface area contributed by atoms with Gasteiger partial charge in [-0.2, -0.15) is 0 Å². The lowest BCUT2D eigenvalue weighted by atomic mass is 9.77. The van der Waals surface area contributed by atoms with E-state index >= 15 is 0 Å². The summed E-state index contributed by atoms with van der Waals surface area (Å²) in [6.07, 6.45) is -0.538. The Morgan fingerprint density at radius 2 is 0.842 bits per heavy atom. The lowest BCUT2D eigenvalue weighted by Gasteiger charge is -2.49. The smallest absolute Gasteiger partial charge is 0.438 e. The molecule has 230 valence electrons. The molecule has 0 radical (unpaired) electrons. The minimum Gasteiger partial charge on any atom is -0.438 e. The summed E-state index contributed by atoms with van der Waals surface area (Å²) in [5.41, 5.74) is -2.07. The molecule has 8 heteroatoms. The van der Waals surface area contributed by atoms with Crippen LogP contribution in [0.25, 0.3) is 0 Å². The first kappa shape index (κ1) is 40.9. The molecule has 0 aromatic carbocycles. The first-order chi connectivity index (χ1) is 16.5. The fraction of sp³-hybridized carbons (Fsp3) is 0.933. The van der Waals surface area contributed by atoms with Gasteiger partial charge in [0.15, 0.2) is 0 Å². The van der Waals surface area contributed by atoms with Crippen LogP contribution in [0.3, 0.4) is 0 Å². The van der Waals surface area contributed by atoms with Gasteiger partial charge in [-0.15, -0.1) is 0 Å². The van der Waals surface area contributed by atoms with Gasteiger partial charge in [0.1, 0.15) is 16.8 Å². The number of carbonyl (C=O) groups excluding carboxylic acids is 2. The number of hydrogen-bond acceptors (Lipinski definition) is 8. The minimum atomic E-state index is -0.803.